The highest BCUT2D eigenvalue weighted by atomic mass is 16.5. The molecular weight excluding hydrogens is 857 g/mol. The lowest BCUT2D eigenvalue weighted by atomic mass is 10.1. The van der Waals surface area contributed by atoms with Gasteiger partial charge >= 0.3 is 0 Å². The number of ether oxygens (including phenoxy) is 2. The van der Waals surface area contributed by atoms with Gasteiger partial charge in [0.05, 0.1) is 24.6 Å². The number of nitrogens with zero attached hydrogens (tertiary/aromatic N) is 4. The molecule has 2 heterocycles. The summed E-state index contributed by atoms with van der Waals surface area (Å²) in [6.07, 6.45) is 21.8. The molecule has 8 rings (SSSR count). The van der Waals surface area contributed by atoms with Crippen LogP contribution in [0.1, 0.15) is 98.6 Å². The van der Waals surface area contributed by atoms with Crippen LogP contribution in [0.3, 0.4) is 0 Å². The zero-order valence-electron chi connectivity index (χ0n) is 41.3. The van der Waals surface area contributed by atoms with Crippen LogP contribution in [0.2, 0.25) is 0 Å². The van der Waals surface area contributed by atoms with Crippen LogP contribution in [0.15, 0.2) is 182 Å². The highest BCUT2D eigenvalue weighted by Crippen LogP contribution is 2.37. The highest BCUT2D eigenvalue weighted by Gasteiger charge is 2.15. The van der Waals surface area contributed by atoms with Gasteiger partial charge in [-0.2, -0.15) is 0 Å². The maximum Gasteiger partial charge on any atom is 0.119 e. The van der Waals surface area contributed by atoms with Crippen molar-refractivity contribution >= 4 is 58.4 Å². The van der Waals surface area contributed by atoms with Crippen LogP contribution < -0.4 is 19.3 Å². The molecule has 6 nitrogen and oxygen atoms in total. The molecule has 0 aliphatic heterocycles. The zero-order chi connectivity index (χ0) is 48.3. The number of benzene rings is 6. The second kappa shape index (κ2) is 25.1. The molecule has 6 heteroatoms. The first kappa shape index (κ1) is 48.7. The molecule has 0 aliphatic carbocycles. The van der Waals surface area contributed by atoms with Crippen molar-refractivity contribution in [2.24, 2.45) is 0 Å². The summed E-state index contributed by atoms with van der Waals surface area (Å²) in [4.78, 5) is 14.0. The van der Waals surface area contributed by atoms with Crippen LogP contribution in [0, 0.1) is 13.8 Å². The van der Waals surface area contributed by atoms with Crippen molar-refractivity contribution in [2.45, 2.75) is 79.1 Å². The molecule has 0 spiro atoms. The highest BCUT2D eigenvalue weighted by molar-refractivity contribution is 5.81. The van der Waals surface area contributed by atoms with Gasteiger partial charge in [-0.1, -0.05) is 136 Å². The van der Waals surface area contributed by atoms with E-state index in [2.05, 4.69) is 220 Å². The van der Waals surface area contributed by atoms with Crippen molar-refractivity contribution in [3.8, 4) is 22.9 Å². The third kappa shape index (κ3) is 13.7. The van der Waals surface area contributed by atoms with Crippen molar-refractivity contribution in [1.82, 2.24) is 9.97 Å². The molecule has 0 N–H and O–H groups in total. The number of unbranched alkanes of at least 4 members (excludes halogenated alkanes) is 6. The SMILES string of the molecule is CCCCCCOc1ccc(N(c2ccc(C)cc2)c2ccc(/C=C/c3ccnc(-c4cc(/C=C/c5ccc(N(c6ccc(C)cc6)c6ccc(OCCCCCC)cc6)cc5)ccn4)c3)cc2)cc1. The van der Waals surface area contributed by atoms with Crippen molar-refractivity contribution in [3.63, 3.8) is 0 Å². The first-order chi connectivity index (χ1) is 34.4. The Morgan fingerprint density at radius 3 is 1.01 bits per heavy atom. The maximum absolute atomic E-state index is 6.06. The number of hydrogen-bond acceptors (Lipinski definition) is 6. The Balaban J connectivity index is 0.924. The van der Waals surface area contributed by atoms with Gasteiger partial charge in [-0.3, -0.25) is 9.97 Å². The van der Waals surface area contributed by atoms with E-state index < -0.39 is 0 Å². The summed E-state index contributed by atoms with van der Waals surface area (Å²) in [5.74, 6) is 1.81. The van der Waals surface area contributed by atoms with Crippen molar-refractivity contribution < 1.29 is 9.47 Å². The molecule has 0 aliphatic rings. The van der Waals surface area contributed by atoms with Crippen molar-refractivity contribution in [1.29, 1.82) is 0 Å². The number of anilines is 6. The number of pyridine rings is 2. The van der Waals surface area contributed by atoms with E-state index >= 15 is 0 Å². The second-order valence-electron chi connectivity index (χ2n) is 17.9. The van der Waals surface area contributed by atoms with Crippen molar-refractivity contribution in [2.75, 3.05) is 23.0 Å². The molecule has 0 saturated carbocycles. The molecule has 0 bridgehead atoms. The smallest absolute Gasteiger partial charge is 0.119 e. The van der Waals surface area contributed by atoms with Crippen LogP contribution in [0.25, 0.3) is 35.7 Å². The van der Waals surface area contributed by atoms with E-state index in [4.69, 9.17) is 19.4 Å². The van der Waals surface area contributed by atoms with Crippen LogP contribution >= 0.6 is 0 Å². The summed E-state index contributed by atoms with van der Waals surface area (Å²) < 4.78 is 12.1. The summed E-state index contributed by atoms with van der Waals surface area (Å²) in [5, 5.41) is 0. The Morgan fingerprint density at radius 1 is 0.357 bits per heavy atom. The molecule has 0 fully saturated rings. The van der Waals surface area contributed by atoms with Crippen LogP contribution in [0.5, 0.6) is 11.5 Å². The first-order valence-electron chi connectivity index (χ1n) is 25.1. The molecule has 354 valence electrons. The van der Waals surface area contributed by atoms with Gasteiger partial charge < -0.3 is 19.3 Å². The van der Waals surface area contributed by atoms with Gasteiger partial charge in [-0.25, -0.2) is 0 Å². The van der Waals surface area contributed by atoms with E-state index in [0.717, 1.165) is 105 Å². The molecule has 0 amide bonds. The predicted molar refractivity (Wildman–Crippen MR) is 296 cm³/mol. The van der Waals surface area contributed by atoms with Gasteiger partial charge in [0.2, 0.25) is 0 Å². The fourth-order valence-corrected chi connectivity index (χ4v) is 8.34. The Kier molecular flexibility index (Phi) is 17.5. The minimum absolute atomic E-state index is 0.749. The average Bonchev–Trinajstić information content (AvgIpc) is 3.40. The third-order valence-corrected chi connectivity index (χ3v) is 12.4. The minimum Gasteiger partial charge on any atom is -0.494 e. The Hall–Kier alpha value is -7.70. The average molecular weight is 923 g/mol. The quantitative estimate of drug-likeness (QED) is 0.0596. The van der Waals surface area contributed by atoms with E-state index in [1.165, 1.54) is 49.7 Å². The first-order valence-corrected chi connectivity index (χ1v) is 25.1. The normalized spacial score (nSPS) is 11.3. The molecule has 6 aromatic carbocycles. The lowest BCUT2D eigenvalue weighted by Gasteiger charge is -2.26. The van der Waals surface area contributed by atoms with Gasteiger partial charge in [-0.05, 0) is 170 Å². The lowest BCUT2D eigenvalue weighted by Crippen LogP contribution is -2.10. The molecule has 0 radical (unpaired) electrons. The van der Waals surface area contributed by atoms with E-state index in [1.54, 1.807) is 0 Å². The zero-order valence-corrected chi connectivity index (χ0v) is 41.3. The standard InChI is InChI=1S/C64H66N4O2/c1-5-7-9-11-45-69-61-37-33-59(34-38-61)67(55-25-13-49(3)14-26-55)57-29-21-51(22-30-57)17-19-53-41-43-65-63(47-53)64-48-54(42-44-66-64)20-18-52-23-31-58(32-24-52)68(56-27-15-50(4)16-28-56)60-35-39-62(40-36-60)70-46-12-10-8-6-2/h13-44,47-48H,5-12,45-46H2,1-4H3/b19-17+,20-18+. The van der Waals surface area contributed by atoms with E-state index in [1.807, 2.05) is 24.5 Å². The predicted octanol–water partition coefficient (Wildman–Crippen LogP) is 18.0. The Labute approximate surface area is 416 Å². The summed E-state index contributed by atoms with van der Waals surface area (Å²) in [6, 6.07) is 59.8. The molecule has 2 aromatic heterocycles. The molecule has 0 atom stereocenters. The minimum atomic E-state index is 0.749. The fraction of sp³-hybridized carbons (Fsp3) is 0.219. The van der Waals surface area contributed by atoms with Gasteiger partial charge in [0.25, 0.3) is 0 Å². The summed E-state index contributed by atoms with van der Waals surface area (Å²) in [7, 11) is 0. The van der Waals surface area contributed by atoms with Crippen LogP contribution in [-0.4, -0.2) is 23.2 Å². The Bertz CT molecular complexity index is 2690. The topological polar surface area (TPSA) is 50.7 Å². The van der Waals surface area contributed by atoms with Crippen molar-refractivity contribution in [3.05, 3.63) is 216 Å². The lowest BCUT2D eigenvalue weighted by molar-refractivity contribution is 0.305. The summed E-state index contributed by atoms with van der Waals surface area (Å²) in [6.45, 7) is 10.2. The Morgan fingerprint density at radius 2 is 0.671 bits per heavy atom. The van der Waals surface area contributed by atoms with Crippen LogP contribution in [-0.2, 0) is 0 Å². The molecular formula is C64H66N4O2. The molecule has 70 heavy (non-hydrogen) atoms. The number of aromatic nitrogens is 2. The molecule has 8 aromatic rings. The largest absolute Gasteiger partial charge is 0.494 e. The maximum atomic E-state index is 6.06. The van der Waals surface area contributed by atoms with E-state index in [0.29, 0.717) is 0 Å². The monoisotopic (exact) mass is 923 g/mol. The number of hydrogen-bond donors (Lipinski definition) is 0. The molecule has 0 unspecified atom stereocenters. The summed E-state index contributed by atoms with van der Waals surface area (Å²) in [5.41, 5.74) is 14.9. The number of rotatable bonds is 23. The van der Waals surface area contributed by atoms with E-state index in [-0.39, 0.29) is 0 Å². The van der Waals surface area contributed by atoms with Gasteiger partial charge in [0.15, 0.2) is 0 Å². The van der Waals surface area contributed by atoms with Crippen LogP contribution in [0.4, 0.5) is 34.1 Å². The fourth-order valence-electron chi connectivity index (χ4n) is 8.34. The number of aryl methyl sites for hydroxylation is 2. The third-order valence-electron chi connectivity index (χ3n) is 12.4. The van der Waals surface area contributed by atoms with Gasteiger partial charge in [-0.15, -0.1) is 0 Å². The molecule has 0 saturated heterocycles. The summed E-state index contributed by atoms with van der Waals surface area (Å²) >= 11 is 0. The van der Waals surface area contributed by atoms with E-state index in [9.17, 15) is 0 Å². The van der Waals surface area contributed by atoms with Gasteiger partial charge in [0.1, 0.15) is 11.5 Å². The van der Waals surface area contributed by atoms with Gasteiger partial charge in [0, 0.05) is 46.5 Å². The second-order valence-corrected chi connectivity index (χ2v) is 17.9.